The van der Waals surface area contributed by atoms with Crippen LogP contribution in [0.2, 0.25) is 0 Å². The molecule has 1 aliphatic heterocycles. The second kappa shape index (κ2) is 9.74. The molecule has 1 saturated carbocycles. The number of likely N-dealkylation sites (N-methyl/N-ethyl adjacent to an activating group) is 1. The predicted octanol–water partition coefficient (Wildman–Crippen LogP) is 4.50. The van der Waals surface area contributed by atoms with E-state index in [2.05, 4.69) is 54.0 Å². The molecule has 0 amide bonds. The van der Waals surface area contributed by atoms with E-state index in [0.717, 1.165) is 31.0 Å². The second-order valence-electron chi connectivity index (χ2n) is 8.32. The summed E-state index contributed by atoms with van der Waals surface area (Å²) >= 11 is 0. The van der Waals surface area contributed by atoms with Crippen molar-refractivity contribution in [2.45, 2.75) is 46.1 Å². The Morgan fingerprint density at radius 1 is 1.00 bits per heavy atom. The third-order valence-electron chi connectivity index (χ3n) is 5.73. The Labute approximate surface area is 174 Å². The summed E-state index contributed by atoms with van der Waals surface area (Å²) < 4.78 is 0. The van der Waals surface area contributed by atoms with E-state index < -0.39 is 0 Å². The molecule has 0 unspecified atom stereocenters. The van der Waals surface area contributed by atoms with E-state index in [1.807, 2.05) is 4.90 Å². The van der Waals surface area contributed by atoms with Gasteiger partial charge in [-0.05, 0) is 44.4 Å². The first-order valence-electron chi connectivity index (χ1n) is 10.4. The van der Waals surface area contributed by atoms with Gasteiger partial charge in [-0.25, -0.2) is 0 Å². The van der Waals surface area contributed by atoms with Gasteiger partial charge in [-0.3, -0.25) is 30.6 Å². The van der Waals surface area contributed by atoms with E-state index in [9.17, 15) is 0 Å². The highest BCUT2D eigenvalue weighted by Crippen LogP contribution is 2.33. The highest BCUT2D eigenvalue weighted by Gasteiger charge is 2.31. The predicted molar refractivity (Wildman–Crippen MR) is 119 cm³/mol. The lowest BCUT2D eigenvalue weighted by atomic mass is 9.82. The Morgan fingerprint density at radius 3 is 2.21 bits per heavy atom. The zero-order valence-electron chi connectivity index (χ0n) is 17.7. The maximum absolute atomic E-state index is 8.79. The Bertz CT molecular complexity index is 800. The van der Waals surface area contributed by atoms with Crippen LogP contribution in [0.25, 0.3) is 0 Å². The molecule has 1 aliphatic carbocycles. The van der Waals surface area contributed by atoms with Crippen LogP contribution in [-0.2, 0) is 6.54 Å². The zero-order chi connectivity index (χ0) is 20.8. The molecule has 1 aromatic heterocycles. The Kier molecular flexibility index (Phi) is 7.09. The lowest BCUT2D eigenvalue weighted by molar-refractivity contribution is 0.342. The van der Waals surface area contributed by atoms with Gasteiger partial charge < -0.3 is 0 Å². The van der Waals surface area contributed by atoms with Gasteiger partial charge in [-0.2, -0.15) is 0 Å². The van der Waals surface area contributed by atoms with E-state index >= 15 is 0 Å². The molecular weight excluding hydrogens is 360 g/mol. The molecule has 29 heavy (non-hydrogen) atoms. The molecule has 0 spiro atoms. The first-order valence-corrected chi connectivity index (χ1v) is 10.4. The van der Waals surface area contributed by atoms with Crippen molar-refractivity contribution < 1.29 is 0 Å². The topological polar surface area (TPSA) is 80.0 Å². The van der Waals surface area contributed by atoms with Crippen LogP contribution in [0, 0.1) is 29.6 Å². The van der Waals surface area contributed by atoms with E-state index in [1.54, 1.807) is 24.8 Å². The summed E-state index contributed by atoms with van der Waals surface area (Å²) in [6.45, 7) is 5.85. The highest BCUT2D eigenvalue weighted by molar-refractivity contribution is 6.19. The van der Waals surface area contributed by atoms with Crippen molar-refractivity contribution in [1.29, 1.82) is 10.8 Å². The Balaban J connectivity index is 0.000000343. The SMILES string of the molecule is Cc1ccc2c(c1)CN(C)CC(=N)N2C(=N)C1CCC(C)CC1.c1cnccn1. The molecule has 2 heterocycles. The van der Waals surface area contributed by atoms with Crippen molar-refractivity contribution in [2.24, 2.45) is 11.8 Å². The number of aryl methyl sites for hydroxylation is 1. The van der Waals surface area contributed by atoms with Crippen LogP contribution in [0.5, 0.6) is 0 Å². The molecule has 0 radical (unpaired) electrons. The molecule has 2 aromatic rings. The zero-order valence-corrected chi connectivity index (χ0v) is 17.7. The van der Waals surface area contributed by atoms with Crippen molar-refractivity contribution in [1.82, 2.24) is 14.9 Å². The lowest BCUT2D eigenvalue weighted by Gasteiger charge is -2.33. The Morgan fingerprint density at radius 2 is 1.62 bits per heavy atom. The number of benzene rings is 1. The van der Waals surface area contributed by atoms with Gasteiger partial charge in [0.15, 0.2) is 0 Å². The van der Waals surface area contributed by atoms with Crippen molar-refractivity contribution in [2.75, 3.05) is 18.5 Å². The number of nitrogens with one attached hydrogen (secondary N) is 2. The standard InChI is InChI=1S/C19H28N4.C4H4N2/c1-13-4-7-15(8-5-13)19(21)23-17-9-6-14(2)10-16(17)11-22(3)12-18(23)20;1-2-6-4-3-5-1/h6,9-10,13,15,20-21H,4-5,7-8,11-12H2,1-3H3;1-4H. The van der Waals surface area contributed by atoms with Crippen LogP contribution in [0.15, 0.2) is 43.0 Å². The van der Waals surface area contributed by atoms with Crippen molar-refractivity contribution in [3.63, 3.8) is 0 Å². The fourth-order valence-corrected chi connectivity index (χ4v) is 4.12. The maximum atomic E-state index is 8.79. The molecule has 2 N–H and O–H groups in total. The molecule has 6 nitrogen and oxygen atoms in total. The van der Waals surface area contributed by atoms with Crippen LogP contribution >= 0.6 is 0 Å². The highest BCUT2D eigenvalue weighted by atomic mass is 15.3. The van der Waals surface area contributed by atoms with Crippen molar-refractivity contribution in [3.05, 3.63) is 54.1 Å². The quantitative estimate of drug-likeness (QED) is 0.553. The van der Waals surface area contributed by atoms with E-state index in [4.69, 9.17) is 10.8 Å². The first-order chi connectivity index (χ1) is 14.0. The third-order valence-corrected chi connectivity index (χ3v) is 5.73. The first kappa shape index (κ1) is 21.1. The summed E-state index contributed by atoms with van der Waals surface area (Å²) in [5.41, 5.74) is 3.50. The number of rotatable bonds is 1. The average Bonchev–Trinajstić information content (AvgIpc) is 2.83. The lowest BCUT2D eigenvalue weighted by Crippen LogP contribution is -2.43. The number of aromatic nitrogens is 2. The van der Waals surface area contributed by atoms with Crippen LogP contribution in [0.1, 0.15) is 43.7 Å². The largest absolute Gasteiger partial charge is 0.295 e. The molecule has 154 valence electrons. The van der Waals surface area contributed by atoms with Gasteiger partial charge >= 0.3 is 0 Å². The minimum Gasteiger partial charge on any atom is -0.295 e. The second-order valence-corrected chi connectivity index (χ2v) is 8.32. The molecule has 0 bridgehead atoms. The van der Waals surface area contributed by atoms with Gasteiger partial charge in [0.1, 0.15) is 11.7 Å². The van der Waals surface area contributed by atoms with E-state index in [1.165, 1.54) is 24.0 Å². The molecule has 4 rings (SSSR count). The minimum absolute atomic E-state index is 0.295. The molecule has 6 heteroatoms. The average molecular weight is 393 g/mol. The van der Waals surface area contributed by atoms with Crippen LogP contribution < -0.4 is 4.90 Å². The van der Waals surface area contributed by atoms with Crippen molar-refractivity contribution in [3.8, 4) is 0 Å². The third kappa shape index (κ3) is 5.48. The van der Waals surface area contributed by atoms with Crippen LogP contribution in [-0.4, -0.2) is 40.1 Å². The summed E-state index contributed by atoms with van der Waals surface area (Å²) in [7, 11) is 2.05. The summed E-state index contributed by atoms with van der Waals surface area (Å²) in [4.78, 5) is 11.5. The van der Waals surface area contributed by atoms with Crippen molar-refractivity contribution >= 4 is 17.4 Å². The van der Waals surface area contributed by atoms with Gasteiger partial charge in [0, 0.05) is 37.3 Å². The summed E-state index contributed by atoms with van der Waals surface area (Å²) in [5.74, 6) is 2.23. The molecule has 0 saturated heterocycles. The number of hydrogen-bond acceptors (Lipinski definition) is 5. The smallest absolute Gasteiger partial charge is 0.120 e. The number of fused-ring (bicyclic) bond motifs is 1. The number of amidine groups is 2. The summed E-state index contributed by atoms with van der Waals surface area (Å²) in [6.07, 6.45) is 11.1. The van der Waals surface area contributed by atoms with Gasteiger partial charge in [-0.15, -0.1) is 0 Å². The van der Waals surface area contributed by atoms with Gasteiger partial charge in [-0.1, -0.05) is 37.5 Å². The summed E-state index contributed by atoms with van der Waals surface area (Å²) in [5, 5.41) is 17.3. The van der Waals surface area contributed by atoms with Crippen LogP contribution in [0.3, 0.4) is 0 Å². The molecule has 1 fully saturated rings. The minimum atomic E-state index is 0.295. The van der Waals surface area contributed by atoms with E-state index in [-0.39, 0.29) is 0 Å². The van der Waals surface area contributed by atoms with Gasteiger partial charge in [0.25, 0.3) is 0 Å². The maximum Gasteiger partial charge on any atom is 0.120 e. The van der Waals surface area contributed by atoms with E-state index in [0.29, 0.717) is 24.1 Å². The molecule has 1 aromatic carbocycles. The number of hydrogen-bond donors (Lipinski definition) is 2. The molecule has 0 atom stereocenters. The Hall–Kier alpha value is -2.60. The monoisotopic (exact) mass is 392 g/mol. The van der Waals surface area contributed by atoms with Crippen LogP contribution in [0.4, 0.5) is 5.69 Å². The number of nitrogens with zero attached hydrogens (tertiary/aromatic N) is 4. The molecular formula is C23H32N6. The number of anilines is 1. The fraction of sp³-hybridized carbons (Fsp3) is 0.478. The molecule has 2 aliphatic rings. The normalized spacial score (nSPS) is 22.2. The van der Waals surface area contributed by atoms with Gasteiger partial charge in [0.2, 0.25) is 0 Å². The summed E-state index contributed by atoms with van der Waals surface area (Å²) in [6, 6.07) is 6.40. The fourth-order valence-electron chi connectivity index (χ4n) is 4.12. The van der Waals surface area contributed by atoms with Gasteiger partial charge in [0.05, 0.1) is 12.2 Å².